The van der Waals surface area contributed by atoms with Crippen LogP contribution in [-0.2, 0) is 6.54 Å². The largest absolute Gasteiger partial charge is 0.343 e. The number of aromatic amines is 1. The number of thioether (sulfide) groups is 1. The summed E-state index contributed by atoms with van der Waals surface area (Å²) in [7, 11) is 0. The molecule has 0 saturated heterocycles. The minimum Gasteiger partial charge on any atom is -0.270 e. The number of aromatic nitrogens is 5. The van der Waals surface area contributed by atoms with Crippen molar-refractivity contribution in [1.82, 2.24) is 24.3 Å². The first-order valence-corrected chi connectivity index (χ1v) is 8.47. The Labute approximate surface area is 140 Å². The summed E-state index contributed by atoms with van der Waals surface area (Å²) in [6.45, 7) is 1.57. The van der Waals surface area contributed by atoms with Gasteiger partial charge in [0.2, 0.25) is 0 Å². The van der Waals surface area contributed by atoms with E-state index in [-0.39, 0.29) is 11.5 Å². The van der Waals surface area contributed by atoms with Crippen LogP contribution in [0.1, 0.15) is 37.9 Å². The second-order valence-electron chi connectivity index (χ2n) is 5.33. The van der Waals surface area contributed by atoms with Gasteiger partial charge in [0.15, 0.2) is 5.16 Å². The second kappa shape index (κ2) is 6.76. The van der Waals surface area contributed by atoms with Crippen LogP contribution in [0.25, 0.3) is 11.0 Å². The molecule has 1 N–H and O–H groups in total. The number of benzene rings is 1. The van der Waals surface area contributed by atoms with Gasteiger partial charge < -0.3 is 0 Å². The van der Waals surface area contributed by atoms with E-state index in [1.54, 1.807) is 31.2 Å². The number of hydrogen-bond donors (Lipinski definition) is 1. The van der Waals surface area contributed by atoms with Crippen molar-refractivity contribution in [3.05, 3.63) is 40.6 Å². The first-order valence-electron chi connectivity index (χ1n) is 7.59. The number of halogens is 2. The number of nitrogens with one attached hydrogen (secondary N) is 1. The molecule has 1 aromatic carbocycles. The summed E-state index contributed by atoms with van der Waals surface area (Å²) in [6.07, 6.45) is 0.775. The average Bonchev–Trinajstić information content (AvgIpc) is 3.10. The molecule has 0 saturated carbocycles. The summed E-state index contributed by atoms with van der Waals surface area (Å²) in [6, 6.07) is 6.80. The molecule has 9 heteroatoms. The lowest BCUT2D eigenvalue weighted by molar-refractivity contribution is 0.0715. The molecule has 0 radical (unpaired) electrons. The Bertz CT molecular complexity index is 901. The van der Waals surface area contributed by atoms with E-state index < -0.39 is 11.8 Å². The van der Waals surface area contributed by atoms with Gasteiger partial charge >= 0.3 is 12.2 Å². The zero-order valence-electron chi connectivity index (χ0n) is 13.2. The maximum absolute atomic E-state index is 13.5. The lowest BCUT2D eigenvalue weighted by Crippen LogP contribution is -2.17. The Hall–Kier alpha value is -2.16. The number of nitrogens with zero attached hydrogens (tertiary/aromatic N) is 4. The van der Waals surface area contributed by atoms with Crippen molar-refractivity contribution in [2.75, 3.05) is 0 Å². The van der Waals surface area contributed by atoms with Crippen molar-refractivity contribution in [1.29, 1.82) is 0 Å². The highest BCUT2D eigenvalue weighted by atomic mass is 32.2. The number of rotatable bonds is 6. The van der Waals surface area contributed by atoms with Crippen LogP contribution < -0.4 is 5.69 Å². The Kier molecular flexibility index (Phi) is 4.70. The van der Waals surface area contributed by atoms with Gasteiger partial charge in [0.25, 0.3) is 0 Å². The number of H-pyrrole nitrogens is 1. The fourth-order valence-corrected chi connectivity index (χ4v) is 3.57. The molecule has 3 aromatic rings. The first kappa shape index (κ1) is 16.7. The molecule has 0 aliphatic carbocycles. The van der Waals surface area contributed by atoms with E-state index in [4.69, 9.17) is 0 Å². The molecular weight excluding hydrogens is 336 g/mol. The Morgan fingerprint density at radius 3 is 2.79 bits per heavy atom. The third-order valence-corrected chi connectivity index (χ3v) is 4.72. The van der Waals surface area contributed by atoms with Crippen LogP contribution in [0.4, 0.5) is 8.78 Å². The average molecular weight is 353 g/mol. The van der Waals surface area contributed by atoms with Crippen LogP contribution in [0.5, 0.6) is 0 Å². The monoisotopic (exact) mass is 353 g/mol. The molecule has 3 rings (SSSR count). The predicted molar refractivity (Wildman–Crippen MR) is 88.4 cm³/mol. The molecule has 0 spiro atoms. The Morgan fingerprint density at radius 2 is 2.08 bits per heavy atom. The molecule has 1 unspecified atom stereocenters. The highest BCUT2D eigenvalue weighted by Crippen LogP contribution is 2.36. The summed E-state index contributed by atoms with van der Waals surface area (Å²) in [4.78, 5) is 16.1. The van der Waals surface area contributed by atoms with Gasteiger partial charge in [-0.15, -0.1) is 5.10 Å². The van der Waals surface area contributed by atoms with Gasteiger partial charge in [-0.05, 0) is 25.5 Å². The maximum Gasteiger partial charge on any atom is 0.343 e. The van der Waals surface area contributed by atoms with Crippen LogP contribution in [-0.4, -0.2) is 24.3 Å². The van der Waals surface area contributed by atoms with Crippen LogP contribution >= 0.6 is 11.8 Å². The normalized spacial score (nSPS) is 13.0. The molecule has 2 aromatic heterocycles. The molecule has 0 aliphatic rings. The molecule has 128 valence electrons. The predicted octanol–water partition coefficient (Wildman–Crippen LogP) is 3.58. The molecule has 1 atom stereocenters. The van der Waals surface area contributed by atoms with E-state index in [0.29, 0.717) is 22.7 Å². The molecule has 6 nitrogen and oxygen atoms in total. The van der Waals surface area contributed by atoms with Gasteiger partial charge in [0, 0.05) is 6.54 Å². The molecule has 2 heterocycles. The smallest absolute Gasteiger partial charge is 0.270 e. The van der Waals surface area contributed by atoms with Gasteiger partial charge in [0.05, 0.1) is 16.3 Å². The van der Waals surface area contributed by atoms with Gasteiger partial charge in [-0.3, -0.25) is 9.13 Å². The standard InChI is InChI=1S/C15H17F2N5OS/c1-3-8-21-14(23)19-20-15(21)24-9(2)12-18-10-6-4-5-7-11(10)22(12)13(16)17/h4-7,9,13H,3,8H2,1-2H3,(H,19,23). The van der Waals surface area contributed by atoms with Crippen LogP contribution in [0, 0.1) is 0 Å². The fraction of sp³-hybridized carbons (Fsp3) is 0.400. The molecule has 0 amide bonds. The van der Waals surface area contributed by atoms with Gasteiger partial charge in [-0.25, -0.2) is 14.9 Å². The molecular formula is C15H17F2N5OS. The van der Waals surface area contributed by atoms with Crippen molar-refractivity contribution in [3.8, 4) is 0 Å². The van der Waals surface area contributed by atoms with Crippen LogP contribution in [0.3, 0.4) is 0 Å². The number of para-hydroxylation sites is 2. The third-order valence-electron chi connectivity index (χ3n) is 3.63. The van der Waals surface area contributed by atoms with Crippen molar-refractivity contribution in [2.24, 2.45) is 0 Å². The van der Waals surface area contributed by atoms with E-state index in [1.165, 1.54) is 16.3 Å². The minimum atomic E-state index is -2.69. The van der Waals surface area contributed by atoms with E-state index >= 15 is 0 Å². The fourth-order valence-electron chi connectivity index (χ4n) is 2.58. The number of hydrogen-bond acceptors (Lipinski definition) is 4. The lowest BCUT2D eigenvalue weighted by atomic mass is 10.3. The van der Waals surface area contributed by atoms with Gasteiger partial charge in [0.1, 0.15) is 5.82 Å². The number of fused-ring (bicyclic) bond motifs is 1. The molecule has 0 bridgehead atoms. The molecule has 24 heavy (non-hydrogen) atoms. The molecule has 0 aliphatic heterocycles. The van der Waals surface area contributed by atoms with Gasteiger partial charge in [-0.1, -0.05) is 30.8 Å². The molecule has 0 fully saturated rings. The minimum absolute atomic E-state index is 0.259. The Balaban J connectivity index is 1.99. The van der Waals surface area contributed by atoms with Crippen molar-refractivity contribution < 1.29 is 8.78 Å². The van der Waals surface area contributed by atoms with Crippen LogP contribution in [0.2, 0.25) is 0 Å². The van der Waals surface area contributed by atoms with E-state index in [9.17, 15) is 13.6 Å². The highest BCUT2D eigenvalue weighted by Gasteiger charge is 2.24. The van der Waals surface area contributed by atoms with Crippen molar-refractivity contribution in [2.45, 2.75) is 43.8 Å². The zero-order valence-corrected chi connectivity index (χ0v) is 14.1. The first-order chi connectivity index (χ1) is 11.5. The van der Waals surface area contributed by atoms with E-state index in [2.05, 4.69) is 15.2 Å². The second-order valence-corrected chi connectivity index (χ2v) is 6.64. The SMILES string of the molecule is CCCn1c(SC(C)c2nc3ccccc3n2C(F)F)n[nH]c1=O. The Morgan fingerprint density at radius 1 is 1.33 bits per heavy atom. The number of imidazole rings is 1. The summed E-state index contributed by atoms with van der Waals surface area (Å²) in [5.74, 6) is 0.259. The quantitative estimate of drug-likeness (QED) is 0.688. The topological polar surface area (TPSA) is 68.5 Å². The summed E-state index contributed by atoms with van der Waals surface area (Å²) < 4.78 is 29.5. The van der Waals surface area contributed by atoms with E-state index in [1.807, 2.05) is 6.92 Å². The lowest BCUT2D eigenvalue weighted by Gasteiger charge is -2.13. The van der Waals surface area contributed by atoms with Crippen molar-refractivity contribution in [3.63, 3.8) is 0 Å². The summed E-state index contributed by atoms with van der Waals surface area (Å²) >= 11 is 1.23. The summed E-state index contributed by atoms with van der Waals surface area (Å²) in [5, 5.41) is 6.48. The maximum atomic E-state index is 13.5. The van der Waals surface area contributed by atoms with Crippen molar-refractivity contribution >= 4 is 22.8 Å². The van der Waals surface area contributed by atoms with E-state index in [0.717, 1.165) is 11.0 Å². The summed E-state index contributed by atoms with van der Waals surface area (Å²) in [5.41, 5.74) is 0.616. The third kappa shape index (κ3) is 2.95. The van der Waals surface area contributed by atoms with Crippen LogP contribution in [0.15, 0.2) is 34.2 Å². The highest BCUT2D eigenvalue weighted by molar-refractivity contribution is 7.99. The van der Waals surface area contributed by atoms with Gasteiger partial charge in [-0.2, -0.15) is 8.78 Å². The zero-order chi connectivity index (χ0) is 17.3. The number of alkyl halides is 2.